The quantitative estimate of drug-likeness (QED) is 0.630. The third-order valence-electron chi connectivity index (χ3n) is 4.59. The van der Waals surface area contributed by atoms with Crippen LogP contribution >= 0.6 is 0 Å². The standard InChI is InChI=1S/C23H32N2O/c1-3-5-17-25(18-6-4-2)19-22(26)24-23(20-13-9-7-10-14-20)21-15-11-8-12-16-21/h7-16,23H,3-6,17-19H2,1-2H3,(H,24,26). The molecule has 0 saturated heterocycles. The molecule has 0 bridgehead atoms. The van der Waals surface area contributed by atoms with Crippen LogP contribution in [0.3, 0.4) is 0 Å². The monoisotopic (exact) mass is 352 g/mol. The molecule has 0 saturated carbocycles. The average Bonchev–Trinajstić information content (AvgIpc) is 2.69. The fourth-order valence-electron chi connectivity index (χ4n) is 3.09. The number of carbonyl (C=O) groups is 1. The first kappa shape index (κ1) is 20.2. The van der Waals surface area contributed by atoms with Gasteiger partial charge in [-0.3, -0.25) is 9.69 Å². The van der Waals surface area contributed by atoms with Crippen molar-refractivity contribution < 1.29 is 4.79 Å². The normalized spacial score (nSPS) is 11.1. The van der Waals surface area contributed by atoms with Gasteiger partial charge in [-0.1, -0.05) is 87.4 Å². The van der Waals surface area contributed by atoms with Crippen LogP contribution in [0.4, 0.5) is 0 Å². The summed E-state index contributed by atoms with van der Waals surface area (Å²) in [6.07, 6.45) is 4.58. The fourth-order valence-corrected chi connectivity index (χ4v) is 3.09. The molecule has 3 nitrogen and oxygen atoms in total. The first-order chi connectivity index (χ1) is 12.7. The highest BCUT2D eigenvalue weighted by molar-refractivity contribution is 5.79. The van der Waals surface area contributed by atoms with Gasteiger partial charge >= 0.3 is 0 Å². The summed E-state index contributed by atoms with van der Waals surface area (Å²) in [6.45, 7) is 6.84. The Morgan fingerprint density at radius 3 is 1.73 bits per heavy atom. The van der Waals surface area contributed by atoms with E-state index >= 15 is 0 Å². The third kappa shape index (κ3) is 6.64. The first-order valence-corrected chi connectivity index (χ1v) is 9.86. The number of unbranched alkanes of at least 4 members (excludes halogenated alkanes) is 2. The second kappa shape index (κ2) is 11.5. The zero-order valence-corrected chi connectivity index (χ0v) is 16.2. The van der Waals surface area contributed by atoms with Gasteiger partial charge in [-0.2, -0.15) is 0 Å². The molecule has 0 radical (unpaired) electrons. The van der Waals surface area contributed by atoms with Crippen molar-refractivity contribution in [2.45, 2.75) is 45.6 Å². The van der Waals surface area contributed by atoms with Crippen molar-refractivity contribution in [3.05, 3.63) is 71.8 Å². The van der Waals surface area contributed by atoms with Crippen molar-refractivity contribution in [3.8, 4) is 0 Å². The molecule has 0 fully saturated rings. The molecular weight excluding hydrogens is 320 g/mol. The molecule has 0 aliphatic rings. The van der Waals surface area contributed by atoms with Crippen molar-refractivity contribution >= 4 is 5.91 Å². The number of nitrogens with one attached hydrogen (secondary N) is 1. The van der Waals surface area contributed by atoms with Crippen LogP contribution in [0.2, 0.25) is 0 Å². The molecule has 2 aromatic rings. The van der Waals surface area contributed by atoms with Crippen LogP contribution in [0, 0.1) is 0 Å². The minimum atomic E-state index is -0.107. The van der Waals surface area contributed by atoms with E-state index in [1.54, 1.807) is 0 Å². The van der Waals surface area contributed by atoms with Gasteiger partial charge in [-0.15, -0.1) is 0 Å². The van der Waals surface area contributed by atoms with Crippen molar-refractivity contribution in [1.29, 1.82) is 0 Å². The summed E-state index contributed by atoms with van der Waals surface area (Å²) < 4.78 is 0. The highest BCUT2D eigenvalue weighted by Gasteiger charge is 2.18. The molecule has 2 rings (SSSR count). The van der Waals surface area contributed by atoms with Gasteiger partial charge in [0.15, 0.2) is 0 Å². The molecule has 0 spiro atoms. The van der Waals surface area contributed by atoms with E-state index in [2.05, 4.69) is 48.3 Å². The topological polar surface area (TPSA) is 32.3 Å². The molecular formula is C23H32N2O. The van der Waals surface area contributed by atoms with E-state index in [0.29, 0.717) is 6.54 Å². The summed E-state index contributed by atoms with van der Waals surface area (Å²) in [6, 6.07) is 20.3. The van der Waals surface area contributed by atoms with Crippen molar-refractivity contribution in [1.82, 2.24) is 10.2 Å². The third-order valence-corrected chi connectivity index (χ3v) is 4.59. The lowest BCUT2D eigenvalue weighted by molar-refractivity contribution is -0.122. The number of nitrogens with zero attached hydrogens (tertiary/aromatic N) is 1. The van der Waals surface area contributed by atoms with Crippen LogP contribution in [-0.4, -0.2) is 30.4 Å². The van der Waals surface area contributed by atoms with Gasteiger partial charge in [0.05, 0.1) is 12.6 Å². The SMILES string of the molecule is CCCCN(CCCC)CC(=O)NC(c1ccccc1)c1ccccc1. The smallest absolute Gasteiger partial charge is 0.234 e. The van der Waals surface area contributed by atoms with Crippen LogP contribution in [0.1, 0.15) is 56.7 Å². The van der Waals surface area contributed by atoms with E-state index < -0.39 is 0 Å². The Bertz CT molecular complexity index is 580. The minimum Gasteiger partial charge on any atom is -0.344 e. The zero-order chi connectivity index (χ0) is 18.6. The number of hydrogen-bond acceptors (Lipinski definition) is 2. The molecule has 26 heavy (non-hydrogen) atoms. The maximum Gasteiger partial charge on any atom is 0.234 e. The van der Waals surface area contributed by atoms with Gasteiger partial charge < -0.3 is 5.32 Å². The Labute approximate surface area is 158 Å². The maximum atomic E-state index is 12.8. The predicted octanol–water partition coefficient (Wildman–Crippen LogP) is 4.79. The number of rotatable bonds is 11. The van der Waals surface area contributed by atoms with Gasteiger partial charge in [0.2, 0.25) is 5.91 Å². The van der Waals surface area contributed by atoms with Gasteiger partial charge in [0.1, 0.15) is 0 Å². The molecule has 140 valence electrons. The molecule has 0 heterocycles. The van der Waals surface area contributed by atoms with Crippen molar-refractivity contribution in [3.63, 3.8) is 0 Å². The second-order valence-electron chi connectivity index (χ2n) is 6.81. The van der Waals surface area contributed by atoms with Crippen LogP contribution in [0.15, 0.2) is 60.7 Å². The van der Waals surface area contributed by atoms with Crippen LogP contribution in [-0.2, 0) is 4.79 Å². The maximum absolute atomic E-state index is 12.8. The average molecular weight is 353 g/mol. The zero-order valence-electron chi connectivity index (χ0n) is 16.2. The lowest BCUT2D eigenvalue weighted by atomic mass is 9.99. The molecule has 1 amide bonds. The second-order valence-corrected chi connectivity index (χ2v) is 6.81. The van der Waals surface area contributed by atoms with Gasteiger partial charge in [-0.25, -0.2) is 0 Å². The molecule has 2 aromatic carbocycles. The molecule has 0 aromatic heterocycles. The van der Waals surface area contributed by atoms with Gasteiger partial charge in [0, 0.05) is 0 Å². The van der Waals surface area contributed by atoms with Crippen molar-refractivity contribution in [2.75, 3.05) is 19.6 Å². The Morgan fingerprint density at radius 1 is 0.846 bits per heavy atom. The Morgan fingerprint density at radius 2 is 1.31 bits per heavy atom. The van der Waals surface area contributed by atoms with Crippen molar-refractivity contribution in [2.24, 2.45) is 0 Å². The molecule has 0 aliphatic heterocycles. The fraction of sp³-hybridized carbons (Fsp3) is 0.435. The molecule has 0 unspecified atom stereocenters. The number of benzene rings is 2. The Balaban J connectivity index is 2.08. The van der Waals surface area contributed by atoms with E-state index in [1.807, 2.05) is 36.4 Å². The minimum absolute atomic E-state index is 0.0925. The van der Waals surface area contributed by atoms with Crippen LogP contribution in [0.5, 0.6) is 0 Å². The first-order valence-electron chi connectivity index (χ1n) is 9.86. The van der Waals surface area contributed by atoms with E-state index in [9.17, 15) is 4.79 Å². The van der Waals surface area contributed by atoms with E-state index in [-0.39, 0.29) is 11.9 Å². The Hall–Kier alpha value is -2.13. The van der Waals surface area contributed by atoms with Gasteiger partial charge in [-0.05, 0) is 37.1 Å². The van der Waals surface area contributed by atoms with Crippen LogP contribution in [0.25, 0.3) is 0 Å². The molecule has 0 atom stereocenters. The Kier molecular flexibility index (Phi) is 8.91. The summed E-state index contributed by atoms with van der Waals surface area (Å²) in [4.78, 5) is 15.1. The lowest BCUT2D eigenvalue weighted by Gasteiger charge is -2.24. The van der Waals surface area contributed by atoms with E-state index in [1.165, 1.54) is 0 Å². The number of hydrogen-bond donors (Lipinski definition) is 1. The summed E-state index contributed by atoms with van der Waals surface area (Å²) in [5.74, 6) is 0.0925. The largest absolute Gasteiger partial charge is 0.344 e. The molecule has 0 aliphatic carbocycles. The highest BCUT2D eigenvalue weighted by Crippen LogP contribution is 2.21. The van der Waals surface area contributed by atoms with Crippen LogP contribution < -0.4 is 5.32 Å². The van der Waals surface area contributed by atoms with Gasteiger partial charge in [0.25, 0.3) is 0 Å². The van der Waals surface area contributed by atoms with E-state index in [4.69, 9.17) is 0 Å². The predicted molar refractivity (Wildman–Crippen MR) is 109 cm³/mol. The summed E-state index contributed by atoms with van der Waals surface area (Å²) in [5.41, 5.74) is 2.22. The molecule has 3 heteroatoms. The molecule has 1 N–H and O–H groups in total. The highest BCUT2D eigenvalue weighted by atomic mass is 16.2. The number of amides is 1. The lowest BCUT2D eigenvalue weighted by Crippen LogP contribution is -2.40. The summed E-state index contributed by atoms with van der Waals surface area (Å²) in [5, 5.41) is 3.25. The summed E-state index contributed by atoms with van der Waals surface area (Å²) in [7, 11) is 0. The summed E-state index contributed by atoms with van der Waals surface area (Å²) >= 11 is 0. The number of carbonyl (C=O) groups excluding carboxylic acids is 1. The van der Waals surface area contributed by atoms with E-state index in [0.717, 1.165) is 49.9 Å².